The van der Waals surface area contributed by atoms with Gasteiger partial charge in [0, 0.05) is 24.5 Å². The summed E-state index contributed by atoms with van der Waals surface area (Å²) >= 11 is 0. The number of nitrogens with zero attached hydrogens (tertiary/aromatic N) is 4. The summed E-state index contributed by atoms with van der Waals surface area (Å²) in [5, 5.41) is 1.53. The van der Waals surface area contributed by atoms with Crippen molar-refractivity contribution in [1.82, 2.24) is 19.4 Å². The summed E-state index contributed by atoms with van der Waals surface area (Å²) in [5.41, 5.74) is 1.24. The summed E-state index contributed by atoms with van der Waals surface area (Å²) in [7, 11) is 0. The van der Waals surface area contributed by atoms with Crippen molar-refractivity contribution in [2.45, 2.75) is 19.1 Å². The molecule has 0 N–H and O–H groups in total. The maximum Gasteiger partial charge on any atom is 0.261 e. The van der Waals surface area contributed by atoms with Gasteiger partial charge in [-0.3, -0.25) is 19.1 Å². The number of aromatic nitrogens is 3. The van der Waals surface area contributed by atoms with Crippen LogP contribution in [0, 0.1) is 0 Å². The number of amides is 1. The van der Waals surface area contributed by atoms with Crippen LogP contribution in [0.3, 0.4) is 0 Å². The highest BCUT2D eigenvalue weighted by atomic mass is 16.5. The lowest BCUT2D eigenvalue weighted by Gasteiger charge is -2.18. The van der Waals surface area contributed by atoms with Crippen molar-refractivity contribution in [3.05, 3.63) is 77.5 Å². The lowest BCUT2D eigenvalue weighted by molar-refractivity contribution is -0.131. The Hall–Kier alpha value is -3.74. The molecule has 7 heteroatoms. The topological polar surface area (TPSA) is 77.3 Å². The normalized spacial score (nSPS) is 16.3. The van der Waals surface area contributed by atoms with Crippen LogP contribution in [0.2, 0.25) is 0 Å². The van der Waals surface area contributed by atoms with Gasteiger partial charge in [0.15, 0.2) is 0 Å². The predicted octanol–water partition coefficient (Wildman–Crippen LogP) is 2.62. The summed E-state index contributed by atoms with van der Waals surface area (Å²) in [5.74, 6) is 0.610. The number of hydrogen-bond donors (Lipinski definition) is 0. The zero-order valence-corrected chi connectivity index (χ0v) is 16.3. The highest BCUT2D eigenvalue weighted by molar-refractivity contribution is 5.84. The number of likely N-dealkylation sites (tertiary alicyclic amines) is 1. The fourth-order valence-electron chi connectivity index (χ4n) is 3.87. The number of benzene rings is 2. The molecule has 0 saturated carbocycles. The van der Waals surface area contributed by atoms with Crippen LogP contribution in [0.1, 0.15) is 6.42 Å². The number of pyridine rings is 1. The highest BCUT2D eigenvalue weighted by Gasteiger charge is 2.28. The zero-order chi connectivity index (χ0) is 20.5. The number of hydrogen-bond acceptors (Lipinski definition) is 5. The molecule has 150 valence electrons. The summed E-state index contributed by atoms with van der Waals surface area (Å²) < 4.78 is 7.53. The van der Waals surface area contributed by atoms with Crippen molar-refractivity contribution in [2.75, 3.05) is 13.1 Å². The van der Waals surface area contributed by atoms with Crippen LogP contribution in [-0.4, -0.2) is 44.5 Å². The minimum atomic E-state index is -0.206. The average molecular weight is 400 g/mol. The van der Waals surface area contributed by atoms with Crippen molar-refractivity contribution in [3.8, 4) is 5.75 Å². The van der Waals surface area contributed by atoms with Gasteiger partial charge in [0.1, 0.15) is 23.9 Å². The van der Waals surface area contributed by atoms with Gasteiger partial charge in [-0.2, -0.15) is 0 Å². The Labute approximate surface area is 172 Å². The second-order valence-electron chi connectivity index (χ2n) is 7.39. The quantitative estimate of drug-likeness (QED) is 0.526. The van der Waals surface area contributed by atoms with Crippen LogP contribution >= 0.6 is 0 Å². The van der Waals surface area contributed by atoms with E-state index in [1.807, 2.05) is 36.4 Å². The zero-order valence-electron chi connectivity index (χ0n) is 16.3. The molecule has 3 heterocycles. The van der Waals surface area contributed by atoms with Gasteiger partial charge in [-0.15, -0.1) is 0 Å². The first-order chi connectivity index (χ1) is 14.7. The molecule has 1 aliphatic rings. The standard InChI is InChI=1S/C23H20N4O3/c28-21(14-27-15-25-19-8-2-1-7-18(19)23(27)29)26-12-10-17(13-26)30-20-9-3-5-16-6-4-11-24-22(16)20/h1-9,11,15,17H,10,12-14H2. The van der Waals surface area contributed by atoms with Crippen molar-refractivity contribution in [3.63, 3.8) is 0 Å². The largest absolute Gasteiger partial charge is 0.486 e. The Morgan fingerprint density at radius 1 is 1.07 bits per heavy atom. The molecule has 7 nitrogen and oxygen atoms in total. The maximum absolute atomic E-state index is 12.8. The van der Waals surface area contributed by atoms with Crippen molar-refractivity contribution >= 4 is 27.7 Å². The van der Waals surface area contributed by atoms with E-state index in [2.05, 4.69) is 9.97 Å². The Bertz CT molecular complexity index is 1300. The van der Waals surface area contributed by atoms with E-state index in [0.29, 0.717) is 24.0 Å². The van der Waals surface area contributed by atoms with E-state index in [-0.39, 0.29) is 24.1 Å². The van der Waals surface area contributed by atoms with E-state index in [1.54, 1.807) is 29.3 Å². The number of fused-ring (bicyclic) bond motifs is 2. The Morgan fingerprint density at radius 3 is 2.87 bits per heavy atom. The van der Waals surface area contributed by atoms with Crippen molar-refractivity contribution < 1.29 is 9.53 Å². The lowest BCUT2D eigenvalue weighted by Crippen LogP contribution is -2.36. The van der Waals surface area contributed by atoms with Gasteiger partial charge in [-0.25, -0.2) is 4.98 Å². The smallest absolute Gasteiger partial charge is 0.261 e. The van der Waals surface area contributed by atoms with Crippen LogP contribution in [-0.2, 0) is 11.3 Å². The first-order valence-corrected chi connectivity index (χ1v) is 9.91. The Balaban J connectivity index is 1.28. The van der Waals surface area contributed by atoms with Gasteiger partial charge in [0.25, 0.3) is 5.56 Å². The molecule has 2 aromatic heterocycles. The predicted molar refractivity (Wildman–Crippen MR) is 113 cm³/mol. The molecule has 0 spiro atoms. The van der Waals surface area contributed by atoms with E-state index in [9.17, 15) is 9.59 Å². The minimum Gasteiger partial charge on any atom is -0.486 e. The molecule has 1 amide bonds. The van der Waals surface area contributed by atoms with Crippen LogP contribution in [0.15, 0.2) is 71.9 Å². The van der Waals surface area contributed by atoms with Crippen molar-refractivity contribution in [2.24, 2.45) is 0 Å². The third kappa shape index (κ3) is 3.39. The van der Waals surface area contributed by atoms with Crippen molar-refractivity contribution in [1.29, 1.82) is 0 Å². The average Bonchev–Trinajstić information content (AvgIpc) is 3.25. The molecule has 1 atom stereocenters. The summed E-state index contributed by atoms with van der Waals surface area (Å²) in [6.07, 6.45) is 3.82. The van der Waals surface area contributed by atoms with Gasteiger partial charge in [0.2, 0.25) is 5.91 Å². The monoisotopic (exact) mass is 400 g/mol. The number of carbonyl (C=O) groups excluding carboxylic acids is 1. The summed E-state index contributed by atoms with van der Waals surface area (Å²) in [6, 6.07) is 16.9. The van der Waals surface area contributed by atoms with Gasteiger partial charge < -0.3 is 9.64 Å². The third-order valence-corrected chi connectivity index (χ3v) is 5.42. The van der Waals surface area contributed by atoms with Gasteiger partial charge >= 0.3 is 0 Å². The molecule has 1 aliphatic heterocycles. The van der Waals surface area contributed by atoms with Gasteiger partial charge in [-0.05, 0) is 24.3 Å². The van der Waals surface area contributed by atoms with E-state index < -0.39 is 0 Å². The van der Waals surface area contributed by atoms with Crippen LogP contribution in [0.4, 0.5) is 0 Å². The number of ether oxygens (including phenoxy) is 1. The Morgan fingerprint density at radius 2 is 1.93 bits per heavy atom. The highest BCUT2D eigenvalue weighted by Crippen LogP contribution is 2.26. The second-order valence-corrected chi connectivity index (χ2v) is 7.39. The molecule has 2 aromatic carbocycles. The molecule has 1 saturated heterocycles. The van der Waals surface area contributed by atoms with Gasteiger partial charge in [-0.1, -0.05) is 30.3 Å². The Kier molecular flexibility index (Phi) is 4.63. The third-order valence-electron chi connectivity index (χ3n) is 5.42. The van der Waals surface area contributed by atoms with E-state index in [4.69, 9.17) is 4.74 Å². The number of rotatable bonds is 4. The minimum absolute atomic E-state index is 0.0286. The first-order valence-electron chi connectivity index (χ1n) is 9.91. The number of para-hydroxylation sites is 2. The van der Waals surface area contributed by atoms with Gasteiger partial charge in [0.05, 0.1) is 23.8 Å². The molecular weight excluding hydrogens is 380 g/mol. The molecular formula is C23H20N4O3. The molecule has 30 heavy (non-hydrogen) atoms. The molecule has 0 radical (unpaired) electrons. The lowest BCUT2D eigenvalue weighted by atomic mass is 10.2. The van der Waals surface area contributed by atoms with Crippen LogP contribution < -0.4 is 10.3 Å². The first kappa shape index (κ1) is 18.3. The summed E-state index contributed by atoms with van der Waals surface area (Å²) in [6.45, 7) is 1.05. The molecule has 1 fully saturated rings. The number of carbonyl (C=O) groups is 1. The van der Waals surface area contributed by atoms with E-state index in [0.717, 1.165) is 23.1 Å². The molecule has 0 aliphatic carbocycles. The fourth-order valence-corrected chi connectivity index (χ4v) is 3.87. The SMILES string of the molecule is O=C(Cn1cnc2ccccc2c1=O)N1CCC(Oc2cccc3cccnc23)C1. The van der Waals surface area contributed by atoms with E-state index >= 15 is 0 Å². The molecule has 0 bridgehead atoms. The fraction of sp³-hybridized carbons (Fsp3) is 0.217. The maximum atomic E-state index is 12.8. The molecule has 1 unspecified atom stereocenters. The van der Waals surface area contributed by atoms with Crippen LogP contribution in [0.5, 0.6) is 5.75 Å². The summed E-state index contributed by atoms with van der Waals surface area (Å²) in [4.78, 5) is 35.9. The second kappa shape index (κ2) is 7.59. The van der Waals surface area contributed by atoms with E-state index in [1.165, 1.54) is 10.9 Å². The molecule has 4 aromatic rings. The van der Waals surface area contributed by atoms with Crippen LogP contribution in [0.25, 0.3) is 21.8 Å². The molecule has 5 rings (SSSR count).